The van der Waals surface area contributed by atoms with Gasteiger partial charge in [-0.3, -0.25) is 4.79 Å². The van der Waals surface area contributed by atoms with Crippen molar-refractivity contribution in [1.29, 1.82) is 0 Å². The van der Waals surface area contributed by atoms with E-state index in [1.54, 1.807) is 18.2 Å². The first-order valence-electron chi connectivity index (χ1n) is 9.24. The molecule has 8 nitrogen and oxygen atoms in total. The molecule has 0 fully saturated rings. The van der Waals surface area contributed by atoms with Crippen LogP contribution in [0.15, 0.2) is 36.4 Å². The van der Waals surface area contributed by atoms with E-state index in [4.69, 9.17) is 40.2 Å². The van der Waals surface area contributed by atoms with E-state index in [9.17, 15) is 14.4 Å². The van der Waals surface area contributed by atoms with Crippen LogP contribution in [0, 0.1) is 0 Å². The van der Waals surface area contributed by atoms with Crippen LogP contribution in [-0.2, 0) is 14.3 Å². The number of amides is 1. The SMILES string of the molecule is COC(=O)c1cc(NC(=S)NC(=O)CCCOc2ccc(Cl)cc2Cl)cc(C(=O)OC)c1. The molecule has 0 atom stereocenters. The van der Waals surface area contributed by atoms with Crippen LogP contribution in [0.2, 0.25) is 10.0 Å². The van der Waals surface area contributed by atoms with E-state index in [0.717, 1.165) is 0 Å². The van der Waals surface area contributed by atoms with Crippen LogP contribution in [0.1, 0.15) is 33.6 Å². The zero-order valence-corrected chi connectivity index (χ0v) is 19.5. The van der Waals surface area contributed by atoms with Crippen LogP contribution < -0.4 is 15.4 Å². The zero-order valence-electron chi connectivity index (χ0n) is 17.2. The number of nitrogens with one attached hydrogen (secondary N) is 2. The quantitative estimate of drug-likeness (QED) is 0.316. The Hall–Kier alpha value is -2.88. The molecule has 11 heteroatoms. The highest BCUT2D eigenvalue weighted by molar-refractivity contribution is 7.80. The number of esters is 2. The molecule has 32 heavy (non-hydrogen) atoms. The van der Waals surface area contributed by atoms with Gasteiger partial charge in [0.1, 0.15) is 5.75 Å². The van der Waals surface area contributed by atoms with E-state index in [2.05, 4.69) is 20.1 Å². The van der Waals surface area contributed by atoms with Crippen molar-refractivity contribution < 1.29 is 28.6 Å². The molecule has 2 aromatic carbocycles. The summed E-state index contributed by atoms with van der Waals surface area (Å²) in [4.78, 5) is 35.8. The average molecular weight is 499 g/mol. The Balaban J connectivity index is 1.88. The lowest BCUT2D eigenvalue weighted by Gasteiger charge is -2.12. The molecular weight excluding hydrogens is 479 g/mol. The molecule has 0 saturated heterocycles. The van der Waals surface area contributed by atoms with Crippen molar-refractivity contribution in [3.8, 4) is 5.75 Å². The normalized spacial score (nSPS) is 10.1. The van der Waals surface area contributed by atoms with Crippen LogP contribution in [-0.4, -0.2) is 43.8 Å². The summed E-state index contributed by atoms with van der Waals surface area (Å²) in [7, 11) is 2.44. The lowest BCUT2D eigenvalue weighted by Crippen LogP contribution is -2.34. The van der Waals surface area contributed by atoms with Gasteiger partial charge in [0.15, 0.2) is 5.11 Å². The van der Waals surface area contributed by atoms with Crippen molar-refractivity contribution in [2.45, 2.75) is 12.8 Å². The topological polar surface area (TPSA) is 103 Å². The fraction of sp³-hybridized carbons (Fsp3) is 0.238. The van der Waals surface area contributed by atoms with Crippen LogP contribution in [0.5, 0.6) is 5.75 Å². The molecule has 2 N–H and O–H groups in total. The Morgan fingerprint density at radius 3 is 2.16 bits per heavy atom. The third kappa shape index (κ3) is 7.67. The fourth-order valence-corrected chi connectivity index (χ4v) is 3.22. The number of halogens is 2. The number of hydrogen-bond acceptors (Lipinski definition) is 7. The molecule has 0 heterocycles. The summed E-state index contributed by atoms with van der Waals surface area (Å²) in [6.07, 6.45) is 0.556. The first-order valence-corrected chi connectivity index (χ1v) is 10.4. The molecular formula is C21H20Cl2N2O6S. The molecule has 1 amide bonds. The number of ether oxygens (including phenoxy) is 3. The first kappa shape index (κ1) is 25.4. The van der Waals surface area contributed by atoms with Gasteiger partial charge in [0, 0.05) is 17.1 Å². The van der Waals surface area contributed by atoms with Gasteiger partial charge < -0.3 is 24.8 Å². The monoisotopic (exact) mass is 498 g/mol. The Labute approximate surface area is 200 Å². The van der Waals surface area contributed by atoms with Gasteiger partial charge in [-0.1, -0.05) is 23.2 Å². The predicted molar refractivity (Wildman–Crippen MR) is 125 cm³/mol. The summed E-state index contributed by atoms with van der Waals surface area (Å²) >= 11 is 17.0. The van der Waals surface area contributed by atoms with Crippen molar-refractivity contribution in [3.63, 3.8) is 0 Å². The summed E-state index contributed by atoms with van der Waals surface area (Å²) < 4.78 is 14.9. The number of rotatable bonds is 8. The third-order valence-electron chi connectivity index (χ3n) is 3.99. The van der Waals surface area contributed by atoms with E-state index in [-0.39, 0.29) is 35.2 Å². The van der Waals surface area contributed by atoms with E-state index >= 15 is 0 Å². The Morgan fingerprint density at radius 2 is 1.59 bits per heavy atom. The second-order valence-electron chi connectivity index (χ2n) is 6.31. The summed E-state index contributed by atoms with van der Waals surface area (Å²) in [5.41, 5.74) is 0.536. The maximum atomic E-state index is 12.1. The highest BCUT2D eigenvalue weighted by Crippen LogP contribution is 2.27. The molecule has 2 rings (SSSR count). The van der Waals surface area contributed by atoms with Crippen molar-refractivity contribution in [2.75, 3.05) is 26.1 Å². The molecule has 0 saturated carbocycles. The minimum Gasteiger partial charge on any atom is -0.492 e. The fourth-order valence-electron chi connectivity index (χ4n) is 2.53. The Bertz CT molecular complexity index is 997. The van der Waals surface area contributed by atoms with Gasteiger partial charge in [0.2, 0.25) is 5.91 Å². The third-order valence-corrected chi connectivity index (χ3v) is 4.72. The van der Waals surface area contributed by atoms with Gasteiger partial charge in [-0.05, 0) is 55.0 Å². The molecule has 0 aliphatic heterocycles. The van der Waals surface area contributed by atoms with Crippen molar-refractivity contribution >= 4 is 64.1 Å². The van der Waals surface area contributed by atoms with E-state index in [1.165, 1.54) is 32.4 Å². The van der Waals surface area contributed by atoms with E-state index < -0.39 is 11.9 Å². The van der Waals surface area contributed by atoms with Crippen LogP contribution in [0.25, 0.3) is 0 Å². The summed E-state index contributed by atoms with van der Waals surface area (Å²) in [6.45, 7) is 0.263. The highest BCUT2D eigenvalue weighted by atomic mass is 35.5. The van der Waals surface area contributed by atoms with E-state index in [0.29, 0.717) is 27.9 Å². The number of carbonyl (C=O) groups excluding carboxylic acids is 3. The molecule has 0 aliphatic carbocycles. The van der Waals surface area contributed by atoms with Crippen LogP contribution in [0.3, 0.4) is 0 Å². The standard InChI is InChI=1S/C21H20Cl2N2O6S/c1-29-19(27)12-8-13(20(28)30-2)10-15(9-12)24-21(32)25-18(26)4-3-7-31-17-6-5-14(22)11-16(17)23/h5-6,8-11H,3-4,7H2,1-2H3,(H2,24,25,26,32). The average Bonchev–Trinajstić information content (AvgIpc) is 2.76. The van der Waals surface area contributed by atoms with Gasteiger partial charge in [-0.25, -0.2) is 9.59 Å². The maximum Gasteiger partial charge on any atom is 0.337 e. The molecule has 0 bridgehead atoms. The Morgan fingerprint density at radius 1 is 0.969 bits per heavy atom. The molecule has 0 spiro atoms. The summed E-state index contributed by atoms with van der Waals surface area (Å²) in [6, 6.07) is 9.06. The van der Waals surface area contributed by atoms with E-state index in [1.807, 2.05) is 0 Å². The largest absolute Gasteiger partial charge is 0.492 e. The van der Waals surface area contributed by atoms with Crippen LogP contribution in [0.4, 0.5) is 5.69 Å². The lowest BCUT2D eigenvalue weighted by molar-refractivity contribution is -0.119. The minimum absolute atomic E-state index is 0.00510. The van der Waals surface area contributed by atoms with Gasteiger partial charge in [0.25, 0.3) is 0 Å². The number of thiocarbonyl (C=S) groups is 1. The number of hydrogen-bond donors (Lipinski definition) is 2. The molecule has 0 radical (unpaired) electrons. The summed E-state index contributed by atoms with van der Waals surface area (Å²) in [5, 5.41) is 6.16. The maximum absolute atomic E-state index is 12.1. The van der Waals surface area contributed by atoms with Gasteiger partial charge >= 0.3 is 11.9 Å². The lowest BCUT2D eigenvalue weighted by atomic mass is 10.1. The zero-order chi connectivity index (χ0) is 23.7. The second-order valence-corrected chi connectivity index (χ2v) is 7.56. The van der Waals surface area contributed by atoms with Crippen LogP contribution >= 0.6 is 35.4 Å². The van der Waals surface area contributed by atoms with Gasteiger partial charge in [-0.15, -0.1) is 0 Å². The number of methoxy groups -OCH3 is 2. The van der Waals surface area contributed by atoms with Crippen molar-refractivity contribution in [1.82, 2.24) is 5.32 Å². The predicted octanol–water partition coefficient (Wildman–Crippen LogP) is 4.24. The Kier molecular flexibility index (Phi) is 9.70. The van der Waals surface area contributed by atoms with Gasteiger partial charge in [0.05, 0.1) is 37.0 Å². The summed E-state index contributed by atoms with van der Waals surface area (Å²) in [5.74, 6) is -1.16. The number of anilines is 1. The van der Waals surface area contributed by atoms with Crippen molar-refractivity contribution in [2.24, 2.45) is 0 Å². The molecule has 170 valence electrons. The second kappa shape index (κ2) is 12.2. The molecule has 0 aromatic heterocycles. The smallest absolute Gasteiger partial charge is 0.337 e. The number of benzene rings is 2. The molecule has 0 aliphatic rings. The highest BCUT2D eigenvalue weighted by Gasteiger charge is 2.15. The molecule has 0 unspecified atom stereocenters. The minimum atomic E-state index is -0.644. The molecule has 2 aromatic rings. The van der Waals surface area contributed by atoms with Crippen molar-refractivity contribution in [3.05, 3.63) is 57.6 Å². The van der Waals surface area contributed by atoms with Gasteiger partial charge in [-0.2, -0.15) is 0 Å². The number of carbonyl (C=O) groups is 3. The first-order chi connectivity index (χ1) is 15.2.